The molecule has 1 fully saturated rings. The monoisotopic (exact) mass is 112 g/mol. The maximum Gasteiger partial charge on any atom is 0.140 e. The molecule has 0 radical (unpaired) electrons. The van der Waals surface area contributed by atoms with E-state index >= 15 is 0 Å². The molecule has 2 aliphatic heterocycles. The molecule has 2 unspecified atom stereocenters. The Morgan fingerprint density at radius 3 is 2.75 bits per heavy atom. The van der Waals surface area contributed by atoms with Crippen molar-refractivity contribution >= 4 is 5.84 Å². The molecule has 44 valence electrons. The summed E-state index contributed by atoms with van der Waals surface area (Å²) in [4.78, 5) is 0. The Kier molecular flexibility index (Phi) is 0.504. The van der Waals surface area contributed by atoms with Crippen molar-refractivity contribution in [3.63, 3.8) is 0 Å². The first-order chi connectivity index (χ1) is 3.80. The SMILES string of the molecule is CC1=NNN2C(C)N12. The first-order valence-electron chi connectivity index (χ1n) is 2.69. The van der Waals surface area contributed by atoms with Gasteiger partial charge in [0.05, 0.1) is 0 Å². The Morgan fingerprint density at radius 1 is 1.75 bits per heavy atom. The van der Waals surface area contributed by atoms with Gasteiger partial charge in [0.1, 0.15) is 12.0 Å². The summed E-state index contributed by atoms with van der Waals surface area (Å²) >= 11 is 0. The average molecular weight is 112 g/mol. The van der Waals surface area contributed by atoms with Crippen molar-refractivity contribution in [2.75, 3.05) is 0 Å². The van der Waals surface area contributed by atoms with Gasteiger partial charge in [-0.2, -0.15) is 0 Å². The molecule has 4 heteroatoms. The fraction of sp³-hybridized carbons (Fsp3) is 0.750. The normalized spacial score (nSPS) is 40.8. The first kappa shape index (κ1) is 4.14. The summed E-state index contributed by atoms with van der Waals surface area (Å²) in [5, 5.41) is 7.99. The standard InChI is InChI=1S/C4H8N4/c1-3-5-6-8-4(2)7(3)8/h4,6H,1-2H3. The van der Waals surface area contributed by atoms with E-state index in [9.17, 15) is 0 Å². The molecule has 2 atom stereocenters. The van der Waals surface area contributed by atoms with Crippen LogP contribution in [-0.4, -0.2) is 22.1 Å². The molecule has 1 N–H and O–H groups in total. The highest BCUT2D eigenvalue weighted by Gasteiger charge is 2.46. The molecule has 0 aliphatic carbocycles. The van der Waals surface area contributed by atoms with Crippen LogP contribution in [0.5, 0.6) is 0 Å². The molecule has 2 heterocycles. The van der Waals surface area contributed by atoms with E-state index in [0.717, 1.165) is 5.84 Å². The van der Waals surface area contributed by atoms with Gasteiger partial charge in [-0.3, -0.25) is 0 Å². The highest BCUT2D eigenvalue weighted by Crippen LogP contribution is 2.26. The molecule has 0 amide bonds. The smallest absolute Gasteiger partial charge is 0.140 e. The van der Waals surface area contributed by atoms with Crippen molar-refractivity contribution in [3.05, 3.63) is 0 Å². The summed E-state index contributed by atoms with van der Waals surface area (Å²) in [5.74, 6) is 1.05. The summed E-state index contributed by atoms with van der Waals surface area (Å²) in [6, 6.07) is 0. The average Bonchev–Trinajstić information content (AvgIpc) is 2.13. The van der Waals surface area contributed by atoms with Crippen LogP contribution in [-0.2, 0) is 0 Å². The van der Waals surface area contributed by atoms with Crippen LogP contribution in [0.15, 0.2) is 5.10 Å². The van der Waals surface area contributed by atoms with Gasteiger partial charge in [-0.25, -0.2) is 10.5 Å². The number of nitrogens with one attached hydrogen (secondary N) is 1. The number of hydrazone groups is 1. The maximum atomic E-state index is 3.94. The van der Waals surface area contributed by atoms with E-state index < -0.39 is 0 Å². The molecular formula is C4H8N4. The molecule has 0 aromatic heterocycles. The van der Waals surface area contributed by atoms with E-state index in [1.165, 1.54) is 0 Å². The second kappa shape index (κ2) is 0.974. The molecule has 0 aromatic rings. The van der Waals surface area contributed by atoms with Crippen molar-refractivity contribution in [3.8, 4) is 0 Å². The Morgan fingerprint density at radius 2 is 2.50 bits per heavy atom. The summed E-state index contributed by atoms with van der Waals surface area (Å²) in [6.45, 7) is 4.10. The molecule has 0 saturated carbocycles. The molecule has 0 bridgehead atoms. The van der Waals surface area contributed by atoms with E-state index in [1.807, 2.05) is 12.0 Å². The van der Waals surface area contributed by atoms with Gasteiger partial charge >= 0.3 is 0 Å². The largest absolute Gasteiger partial charge is 0.249 e. The van der Waals surface area contributed by atoms with Crippen LogP contribution in [0, 0.1) is 0 Å². The molecular weight excluding hydrogens is 104 g/mol. The van der Waals surface area contributed by atoms with Gasteiger partial charge in [-0.15, -0.1) is 5.10 Å². The zero-order valence-corrected chi connectivity index (χ0v) is 4.92. The van der Waals surface area contributed by atoms with Crippen molar-refractivity contribution in [1.29, 1.82) is 0 Å². The van der Waals surface area contributed by atoms with Crippen LogP contribution < -0.4 is 5.53 Å². The van der Waals surface area contributed by atoms with Gasteiger partial charge < -0.3 is 0 Å². The Labute approximate surface area is 47.7 Å². The molecule has 8 heavy (non-hydrogen) atoms. The summed E-state index contributed by atoms with van der Waals surface area (Å²) in [7, 11) is 0. The van der Waals surface area contributed by atoms with E-state index in [2.05, 4.69) is 22.6 Å². The van der Waals surface area contributed by atoms with Gasteiger partial charge in [0, 0.05) is 0 Å². The lowest BCUT2D eigenvalue weighted by atomic mass is 10.6. The second-order valence-corrected chi connectivity index (χ2v) is 2.08. The molecule has 2 aliphatic rings. The van der Waals surface area contributed by atoms with Gasteiger partial charge in [0.15, 0.2) is 0 Å². The molecule has 4 nitrogen and oxygen atoms in total. The van der Waals surface area contributed by atoms with E-state index in [1.54, 1.807) is 0 Å². The molecule has 0 aromatic carbocycles. The lowest BCUT2D eigenvalue weighted by Gasteiger charge is -1.88. The zero-order valence-electron chi connectivity index (χ0n) is 4.92. The Bertz CT molecular complexity index is 152. The van der Waals surface area contributed by atoms with Gasteiger partial charge in [-0.1, -0.05) is 5.12 Å². The lowest BCUT2D eigenvalue weighted by Crippen LogP contribution is -2.12. The van der Waals surface area contributed by atoms with Crippen molar-refractivity contribution in [2.45, 2.75) is 20.0 Å². The number of hydrogen-bond acceptors (Lipinski definition) is 4. The third-order valence-electron chi connectivity index (χ3n) is 1.53. The number of hydrogen-bond donors (Lipinski definition) is 1. The Balaban J connectivity index is 2.20. The minimum Gasteiger partial charge on any atom is -0.249 e. The van der Waals surface area contributed by atoms with Crippen LogP contribution in [0.3, 0.4) is 0 Å². The number of hydrazine groups is 2. The highest BCUT2D eigenvalue weighted by atomic mass is 16.1. The number of nitrogens with zero attached hydrogens (tertiary/aromatic N) is 3. The molecule has 2 rings (SSSR count). The summed E-state index contributed by atoms with van der Waals surface area (Å²) < 4.78 is 0. The fourth-order valence-electron chi connectivity index (χ4n) is 0.996. The third-order valence-corrected chi connectivity index (χ3v) is 1.53. The lowest BCUT2D eigenvalue weighted by molar-refractivity contribution is 0.333. The van der Waals surface area contributed by atoms with Crippen LogP contribution in [0.4, 0.5) is 0 Å². The predicted molar refractivity (Wildman–Crippen MR) is 29.4 cm³/mol. The Hall–Kier alpha value is -0.770. The van der Waals surface area contributed by atoms with Gasteiger partial charge in [0.2, 0.25) is 0 Å². The highest BCUT2D eigenvalue weighted by molar-refractivity contribution is 5.82. The summed E-state index contributed by atoms with van der Waals surface area (Å²) in [6.07, 6.45) is 0.521. The molecule has 0 spiro atoms. The van der Waals surface area contributed by atoms with Crippen LogP contribution in [0.2, 0.25) is 0 Å². The number of amidine groups is 1. The van der Waals surface area contributed by atoms with Gasteiger partial charge in [0.25, 0.3) is 0 Å². The summed E-state index contributed by atoms with van der Waals surface area (Å²) in [5.41, 5.74) is 2.84. The topological polar surface area (TPSA) is 30.4 Å². The van der Waals surface area contributed by atoms with Crippen LogP contribution in [0.25, 0.3) is 0 Å². The quantitative estimate of drug-likeness (QED) is 0.437. The predicted octanol–water partition coefficient (Wildman–Crippen LogP) is -0.283. The van der Waals surface area contributed by atoms with E-state index in [4.69, 9.17) is 0 Å². The second-order valence-electron chi connectivity index (χ2n) is 2.08. The van der Waals surface area contributed by atoms with Crippen molar-refractivity contribution in [1.82, 2.24) is 15.7 Å². The fourth-order valence-corrected chi connectivity index (χ4v) is 0.996. The minimum absolute atomic E-state index is 0.521. The van der Waals surface area contributed by atoms with E-state index in [0.29, 0.717) is 6.17 Å². The number of fused-ring (bicyclic) bond motifs is 1. The first-order valence-corrected chi connectivity index (χ1v) is 2.69. The minimum atomic E-state index is 0.521. The van der Waals surface area contributed by atoms with Gasteiger partial charge in [-0.05, 0) is 13.8 Å². The molecule has 1 saturated heterocycles. The third kappa shape index (κ3) is 0.282. The van der Waals surface area contributed by atoms with E-state index in [-0.39, 0.29) is 0 Å². The maximum absolute atomic E-state index is 3.94. The zero-order chi connectivity index (χ0) is 5.72. The number of rotatable bonds is 0. The van der Waals surface area contributed by atoms with Crippen molar-refractivity contribution < 1.29 is 0 Å². The van der Waals surface area contributed by atoms with Crippen LogP contribution >= 0.6 is 0 Å². The van der Waals surface area contributed by atoms with Crippen molar-refractivity contribution in [2.24, 2.45) is 5.10 Å². The van der Waals surface area contributed by atoms with Crippen LogP contribution in [0.1, 0.15) is 13.8 Å².